The second kappa shape index (κ2) is 6.32. The van der Waals surface area contributed by atoms with Gasteiger partial charge in [0.2, 0.25) is 0 Å². The molecule has 0 spiro atoms. The fraction of sp³-hybridized carbons (Fsp3) is 0.167. The number of fused-ring (bicyclic) bond motifs is 1. The molecule has 0 aliphatic carbocycles. The molecule has 0 unspecified atom stereocenters. The Morgan fingerprint density at radius 2 is 2.00 bits per heavy atom. The van der Waals surface area contributed by atoms with Gasteiger partial charge in [-0.15, -0.1) is 0 Å². The molecule has 0 amide bonds. The minimum absolute atomic E-state index is 0.547. The maximum absolute atomic E-state index is 9.35. The highest BCUT2D eigenvalue weighted by molar-refractivity contribution is 5.93. The van der Waals surface area contributed by atoms with Gasteiger partial charge in [-0.1, -0.05) is 18.2 Å². The van der Waals surface area contributed by atoms with Crippen molar-refractivity contribution >= 4 is 22.4 Å². The Kier molecular flexibility index (Phi) is 4.07. The summed E-state index contributed by atoms with van der Waals surface area (Å²) in [7, 11) is 3.92. The number of aromatic nitrogens is 2. The molecule has 1 N–H and O–H groups in total. The van der Waals surface area contributed by atoms with Crippen LogP contribution in [0.15, 0.2) is 48.8 Å². The summed E-state index contributed by atoms with van der Waals surface area (Å²) in [5, 5.41) is 13.7. The van der Waals surface area contributed by atoms with Gasteiger partial charge in [0.15, 0.2) is 0 Å². The van der Waals surface area contributed by atoms with E-state index < -0.39 is 0 Å². The molecule has 23 heavy (non-hydrogen) atoms. The van der Waals surface area contributed by atoms with Gasteiger partial charge in [-0.2, -0.15) is 5.26 Å². The van der Waals surface area contributed by atoms with Crippen LogP contribution in [-0.2, 0) is 6.54 Å². The van der Waals surface area contributed by atoms with Crippen molar-refractivity contribution in [3.8, 4) is 6.07 Å². The highest BCUT2D eigenvalue weighted by atomic mass is 15.1. The lowest BCUT2D eigenvalue weighted by molar-refractivity contribution is 1.04. The van der Waals surface area contributed by atoms with E-state index in [1.165, 1.54) is 0 Å². The number of rotatable bonds is 4. The monoisotopic (exact) mass is 303 g/mol. The Balaban J connectivity index is 1.93. The zero-order valence-electron chi connectivity index (χ0n) is 13.1. The van der Waals surface area contributed by atoms with Crippen LogP contribution in [0.3, 0.4) is 0 Å². The predicted molar refractivity (Wildman–Crippen MR) is 92.3 cm³/mol. The summed E-state index contributed by atoms with van der Waals surface area (Å²) in [6.07, 6.45) is 3.41. The first-order valence-electron chi connectivity index (χ1n) is 7.33. The van der Waals surface area contributed by atoms with Crippen molar-refractivity contribution in [1.29, 1.82) is 5.26 Å². The quantitative estimate of drug-likeness (QED) is 0.802. The average Bonchev–Trinajstić information content (AvgIpc) is 2.59. The maximum atomic E-state index is 9.35. The molecular formula is C18H17N5. The van der Waals surface area contributed by atoms with Crippen LogP contribution in [0.4, 0.5) is 11.5 Å². The first kappa shape index (κ1) is 14.8. The van der Waals surface area contributed by atoms with Crippen LogP contribution >= 0.6 is 0 Å². The number of nitrogens with one attached hydrogen (secondary N) is 1. The van der Waals surface area contributed by atoms with Crippen LogP contribution < -0.4 is 10.2 Å². The molecule has 114 valence electrons. The second-order valence-electron chi connectivity index (χ2n) is 5.45. The number of para-hydroxylation sites is 1. The standard InChI is InChI=1S/C18H17N5/c1-23(2)17-9-13(7-8-20-17)11-22-18-14(10-19)12-21-16-6-4-3-5-15(16)18/h3-9,12H,11H2,1-2H3,(H,21,22). The SMILES string of the molecule is CN(C)c1cc(CNc2c(C#N)cnc3ccccc23)ccn1. The lowest BCUT2D eigenvalue weighted by Crippen LogP contribution is -2.11. The molecule has 2 heterocycles. The third kappa shape index (κ3) is 3.06. The van der Waals surface area contributed by atoms with Crippen LogP contribution in [0.5, 0.6) is 0 Å². The molecule has 0 saturated carbocycles. The van der Waals surface area contributed by atoms with Gasteiger partial charge in [0.25, 0.3) is 0 Å². The third-order valence-corrected chi connectivity index (χ3v) is 3.63. The molecular weight excluding hydrogens is 286 g/mol. The summed E-state index contributed by atoms with van der Waals surface area (Å²) >= 11 is 0. The zero-order valence-corrected chi connectivity index (χ0v) is 13.1. The molecule has 0 aliphatic rings. The number of nitrogens with zero attached hydrogens (tertiary/aromatic N) is 4. The second-order valence-corrected chi connectivity index (χ2v) is 5.45. The van der Waals surface area contributed by atoms with Gasteiger partial charge in [-0.05, 0) is 23.8 Å². The zero-order chi connectivity index (χ0) is 16.2. The lowest BCUT2D eigenvalue weighted by Gasteiger charge is -2.14. The minimum Gasteiger partial charge on any atom is -0.379 e. The lowest BCUT2D eigenvalue weighted by atomic mass is 10.1. The van der Waals surface area contributed by atoms with Gasteiger partial charge in [0.1, 0.15) is 11.9 Å². The van der Waals surface area contributed by atoms with Crippen molar-refractivity contribution in [3.05, 3.63) is 59.9 Å². The number of pyridine rings is 2. The van der Waals surface area contributed by atoms with Crippen molar-refractivity contribution in [2.75, 3.05) is 24.3 Å². The molecule has 0 fully saturated rings. The van der Waals surface area contributed by atoms with E-state index >= 15 is 0 Å². The maximum Gasteiger partial charge on any atom is 0.128 e. The molecule has 0 saturated heterocycles. The van der Waals surface area contributed by atoms with Crippen LogP contribution in [0, 0.1) is 11.3 Å². The van der Waals surface area contributed by atoms with Crippen molar-refractivity contribution in [2.24, 2.45) is 0 Å². The van der Waals surface area contributed by atoms with E-state index in [4.69, 9.17) is 0 Å². The van der Waals surface area contributed by atoms with E-state index in [9.17, 15) is 5.26 Å². The van der Waals surface area contributed by atoms with Crippen LogP contribution in [0.1, 0.15) is 11.1 Å². The molecule has 0 radical (unpaired) electrons. The van der Waals surface area contributed by atoms with E-state index in [0.29, 0.717) is 12.1 Å². The first-order valence-corrected chi connectivity index (χ1v) is 7.33. The summed E-state index contributed by atoms with van der Waals surface area (Å²) < 4.78 is 0. The number of anilines is 2. The molecule has 2 aromatic heterocycles. The molecule has 0 aliphatic heterocycles. The molecule has 0 bridgehead atoms. The summed E-state index contributed by atoms with van der Waals surface area (Å²) in [6.45, 7) is 0.617. The van der Waals surface area contributed by atoms with Gasteiger partial charge in [-0.25, -0.2) is 4.98 Å². The Labute approximate surface area is 135 Å². The van der Waals surface area contributed by atoms with Crippen LogP contribution in [0.25, 0.3) is 10.9 Å². The van der Waals surface area contributed by atoms with Gasteiger partial charge in [0, 0.05) is 38.4 Å². The molecule has 5 heteroatoms. The van der Waals surface area contributed by atoms with E-state index in [0.717, 1.165) is 28.0 Å². The number of hydrogen-bond acceptors (Lipinski definition) is 5. The molecule has 3 rings (SSSR count). The molecule has 1 aromatic carbocycles. The number of benzene rings is 1. The van der Waals surface area contributed by atoms with E-state index in [1.54, 1.807) is 12.4 Å². The fourth-order valence-corrected chi connectivity index (χ4v) is 2.42. The van der Waals surface area contributed by atoms with Crippen molar-refractivity contribution in [1.82, 2.24) is 9.97 Å². The summed E-state index contributed by atoms with van der Waals surface area (Å²) in [4.78, 5) is 10.6. The van der Waals surface area contributed by atoms with Crippen molar-refractivity contribution < 1.29 is 0 Å². The minimum atomic E-state index is 0.547. The topological polar surface area (TPSA) is 64.8 Å². The highest BCUT2D eigenvalue weighted by Gasteiger charge is 2.08. The summed E-state index contributed by atoms with van der Waals surface area (Å²) in [5.41, 5.74) is 3.35. The first-order chi connectivity index (χ1) is 11.2. The average molecular weight is 303 g/mol. The smallest absolute Gasteiger partial charge is 0.128 e. The summed E-state index contributed by atoms with van der Waals surface area (Å²) in [5.74, 6) is 0.907. The number of nitriles is 1. The van der Waals surface area contributed by atoms with E-state index in [-0.39, 0.29) is 0 Å². The van der Waals surface area contributed by atoms with Crippen molar-refractivity contribution in [2.45, 2.75) is 6.54 Å². The normalized spacial score (nSPS) is 10.3. The fourth-order valence-electron chi connectivity index (χ4n) is 2.42. The van der Waals surface area contributed by atoms with Gasteiger partial charge >= 0.3 is 0 Å². The van der Waals surface area contributed by atoms with Crippen LogP contribution in [-0.4, -0.2) is 24.1 Å². The Hall–Kier alpha value is -3.13. The largest absolute Gasteiger partial charge is 0.379 e. The molecule has 3 aromatic rings. The summed E-state index contributed by atoms with van der Waals surface area (Å²) in [6, 6.07) is 14.0. The Morgan fingerprint density at radius 1 is 1.17 bits per heavy atom. The Morgan fingerprint density at radius 3 is 2.78 bits per heavy atom. The van der Waals surface area contributed by atoms with E-state index in [1.807, 2.05) is 55.4 Å². The molecule has 5 nitrogen and oxygen atoms in total. The predicted octanol–water partition coefficient (Wildman–Crippen LogP) is 3.18. The van der Waals surface area contributed by atoms with Gasteiger partial charge in [-0.3, -0.25) is 4.98 Å². The van der Waals surface area contributed by atoms with E-state index in [2.05, 4.69) is 21.4 Å². The Bertz CT molecular complexity index is 880. The third-order valence-electron chi connectivity index (χ3n) is 3.63. The number of hydrogen-bond donors (Lipinski definition) is 1. The highest BCUT2D eigenvalue weighted by Crippen LogP contribution is 2.26. The van der Waals surface area contributed by atoms with Crippen molar-refractivity contribution in [3.63, 3.8) is 0 Å². The van der Waals surface area contributed by atoms with Crippen LogP contribution in [0.2, 0.25) is 0 Å². The van der Waals surface area contributed by atoms with Gasteiger partial charge < -0.3 is 10.2 Å². The van der Waals surface area contributed by atoms with Gasteiger partial charge in [0.05, 0.1) is 16.8 Å². The molecule has 0 atom stereocenters.